The second-order valence-corrected chi connectivity index (χ2v) is 7.16. The van der Waals surface area contributed by atoms with Crippen molar-refractivity contribution in [2.24, 2.45) is 0 Å². The van der Waals surface area contributed by atoms with Crippen LogP contribution in [0.3, 0.4) is 0 Å². The molecule has 2 amide bonds. The largest absolute Gasteiger partial charge is 0.454 e. The first-order valence-electron chi connectivity index (χ1n) is 8.43. The number of nitrogens with zero attached hydrogens (tertiary/aromatic N) is 1. The third-order valence-electron chi connectivity index (χ3n) is 4.47. The predicted molar refractivity (Wildman–Crippen MR) is 99.3 cm³/mol. The number of hydrogen-bond donors (Lipinski definition) is 1. The molecule has 2 heterocycles. The van der Waals surface area contributed by atoms with Gasteiger partial charge in [-0.2, -0.15) is 0 Å². The number of hydrogen-bond acceptors (Lipinski definition) is 4. The van der Waals surface area contributed by atoms with Crippen LogP contribution in [0.15, 0.2) is 42.5 Å². The molecular formula is C19H20N2O3S. The van der Waals surface area contributed by atoms with Crippen LogP contribution < -0.4 is 14.8 Å². The number of fused-ring (bicyclic) bond motifs is 1. The molecule has 1 saturated heterocycles. The quantitative estimate of drug-likeness (QED) is 0.893. The van der Waals surface area contributed by atoms with Gasteiger partial charge in [0.25, 0.3) is 0 Å². The maximum atomic E-state index is 12.8. The van der Waals surface area contributed by atoms with Crippen molar-refractivity contribution in [1.29, 1.82) is 0 Å². The predicted octanol–water partition coefficient (Wildman–Crippen LogP) is 4.26. The first-order chi connectivity index (χ1) is 12.3. The fraction of sp³-hybridized carbons (Fsp3) is 0.316. The highest BCUT2D eigenvalue weighted by atomic mass is 32.2. The number of thioether (sulfide) groups is 1. The van der Waals surface area contributed by atoms with E-state index in [2.05, 4.69) is 12.2 Å². The van der Waals surface area contributed by atoms with Crippen molar-refractivity contribution >= 4 is 23.5 Å². The molecule has 0 aromatic heterocycles. The second kappa shape index (κ2) is 6.88. The lowest BCUT2D eigenvalue weighted by Gasteiger charge is -2.25. The zero-order chi connectivity index (χ0) is 17.2. The number of amides is 2. The number of carbonyl (C=O) groups is 1. The van der Waals surface area contributed by atoms with E-state index in [0.717, 1.165) is 47.0 Å². The van der Waals surface area contributed by atoms with Gasteiger partial charge in [0.2, 0.25) is 6.79 Å². The monoisotopic (exact) mass is 356 g/mol. The van der Waals surface area contributed by atoms with E-state index in [1.165, 1.54) is 0 Å². The first kappa shape index (κ1) is 16.1. The molecule has 1 fully saturated rings. The summed E-state index contributed by atoms with van der Waals surface area (Å²) in [7, 11) is 0. The van der Waals surface area contributed by atoms with E-state index >= 15 is 0 Å². The summed E-state index contributed by atoms with van der Waals surface area (Å²) in [5.74, 6) is 2.43. The van der Waals surface area contributed by atoms with Gasteiger partial charge >= 0.3 is 6.03 Å². The number of carbonyl (C=O) groups excluding carboxylic acids is 1. The summed E-state index contributed by atoms with van der Waals surface area (Å²) in [6, 6.07) is 13.8. The number of aryl methyl sites for hydroxylation is 1. The minimum Gasteiger partial charge on any atom is -0.454 e. The summed E-state index contributed by atoms with van der Waals surface area (Å²) in [6.45, 7) is 3.07. The van der Waals surface area contributed by atoms with Gasteiger partial charge in [0, 0.05) is 18.0 Å². The van der Waals surface area contributed by atoms with Crippen LogP contribution in [0.25, 0.3) is 0 Å². The standard InChI is InChI=1S/C19H20N2O3S/c1-2-13-5-3-4-6-15(13)20-19(22)21-9-10-25-18(21)14-7-8-16-17(11-14)24-12-23-16/h3-8,11,18H,2,9-10,12H2,1H3,(H,20,22)/t18-/m1/s1. The summed E-state index contributed by atoms with van der Waals surface area (Å²) < 4.78 is 10.8. The molecule has 2 aliphatic heterocycles. The van der Waals surface area contributed by atoms with Gasteiger partial charge in [0.15, 0.2) is 11.5 Å². The zero-order valence-electron chi connectivity index (χ0n) is 14.0. The topological polar surface area (TPSA) is 50.8 Å². The van der Waals surface area contributed by atoms with Gasteiger partial charge in [-0.15, -0.1) is 11.8 Å². The lowest BCUT2D eigenvalue weighted by molar-refractivity contribution is 0.174. The highest BCUT2D eigenvalue weighted by Gasteiger charge is 2.32. The average Bonchev–Trinajstić information content (AvgIpc) is 3.30. The highest BCUT2D eigenvalue weighted by molar-refractivity contribution is 7.99. The van der Waals surface area contributed by atoms with Gasteiger partial charge in [0.05, 0.1) is 0 Å². The number of ether oxygens (including phenoxy) is 2. The molecular weight excluding hydrogens is 336 g/mol. The summed E-state index contributed by atoms with van der Waals surface area (Å²) >= 11 is 1.77. The molecule has 2 aromatic rings. The Morgan fingerprint density at radius 3 is 2.96 bits per heavy atom. The molecule has 4 rings (SSSR count). The third kappa shape index (κ3) is 3.14. The third-order valence-corrected chi connectivity index (χ3v) is 5.73. The fourth-order valence-corrected chi connectivity index (χ4v) is 4.40. The van der Waals surface area contributed by atoms with Crippen molar-refractivity contribution in [2.75, 3.05) is 24.4 Å². The molecule has 0 unspecified atom stereocenters. The molecule has 0 bridgehead atoms. The van der Waals surface area contributed by atoms with Crippen LogP contribution in [0, 0.1) is 0 Å². The molecule has 0 spiro atoms. The molecule has 2 aromatic carbocycles. The van der Waals surface area contributed by atoms with Crippen LogP contribution in [0.1, 0.15) is 23.4 Å². The van der Waals surface area contributed by atoms with Gasteiger partial charge in [-0.25, -0.2) is 4.79 Å². The highest BCUT2D eigenvalue weighted by Crippen LogP contribution is 2.42. The SMILES string of the molecule is CCc1ccccc1NC(=O)N1CCS[C@@H]1c1ccc2c(c1)OCO2. The van der Waals surface area contributed by atoms with Crippen molar-refractivity contribution in [2.45, 2.75) is 18.7 Å². The molecule has 1 N–H and O–H groups in total. The van der Waals surface area contributed by atoms with Crippen molar-refractivity contribution in [3.05, 3.63) is 53.6 Å². The Kier molecular flexibility index (Phi) is 4.44. The van der Waals surface area contributed by atoms with Gasteiger partial charge in [0.1, 0.15) is 5.37 Å². The smallest absolute Gasteiger partial charge is 0.323 e. The lowest BCUT2D eigenvalue weighted by atomic mass is 10.1. The van der Waals surface area contributed by atoms with E-state index in [4.69, 9.17) is 9.47 Å². The molecule has 0 radical (unpaired) electrons. The lowest BCUT2D eigenvalue weighted by Crippen LogP contribution is -2.34. The average molecular weight is 356 g/mol. The Hall–Kier alpha value is -2.34. The van der Waals surface area contributed by atoms with E-state index in [-0.39, 0.29) is 18.2 Å². The molecule has 25 heavy (non-hydrogen) atoms. The van der Waals surface area contributed by atoms with E-state index in [1.54, 1.807) is 11.8 Å². The van der Waals surface area contributed by atoms with Crippen LogP contribution in [0.4, 0.5) is 10.5 Å². The van der Waals surface area contributed by atoms with Gasteiger partial charge in [-0.1, -0.05) is 31.2 Å². The molecule has 5 nitrogen and oxygen atoms in total. The fourth-order valence-electron chi connectivity index (χ4n) is 3.16. The molecule has 0 aliphatic carbocycles. The first-order valence-corrected chi connectivity index (χ1v) is 9.48. The maximum absolute atomic E-state index is 12.8. The summed E-state index contributed by atoms with van der Waals surface area (Å²) in [6.07, 6.45) is 0.886. The van der Waals surface area contributed by atoms with Crippen LogP contribution in [0.2, 0.25) is 0 Å². The van der Waals surface area contributed by atoms with Crippen LogP contribution in [0.5, 0.6) is 11.5 Å². The van der Waals surface area contributed by atoms with Crippen LogP contribution in [-0.4, -0.2) is 30.0 Å². The summed E-state index contributed by atoms with van der Waals surface area (Å²) in [5.41, 5.74) is 3.09. The normalized spacial score (nSPS) is 18.4. The summed E-state index contributed by atoms with van der Waals surface area (Å²) in [4.78, 5) is 14.7. The Morgan fingerprint density at radius 1 is 1.24 bits per heavy atom. The number of rotatable bonds is 3. The Balaban J connectivity index is 1.54. The minimum absolute atomic E-state index is 0.0108. The van der Waals surface area contributed by atoms with Crippen molar-refractivity contribution in [3.63, 3.8) is 0 Å². The van der Waals surface area contributed by atoms with Gasteiger partial charge in [-0.3, -0.25) is 0 Å². The zero-order valence-corrected chi connectivity index (χ0v) is 14.8. The Bertz CT molecular complexity index is 796. The van der Waals surface area contributed by atoms with Crippen molar-refractivity contribution in [3.8, 4) is 11.5 Å². The van der Waals surface area contributed by atoms with E-state index in [1.807, 2.05) is 47.4 Å². The number of anilines is 1. The van der Waals surface area contributed by atoms with E-state index in [0.29, 0.717) is 0 Å². The van der Waals surface area contributed by atoms with Crippen molar-refractivity contribution < 1.29 is 14.3 Å². The van der Waals surface area contributed by atoms with E-state index in [9.17, 15) is 4.79 Å². The molecule has 0 saturated carbocycles. The molecule has 1 atom stereocenters. The molecule has 6 heteroatoms. The van der Waals surface area contributed by atoms with E-state index < -0.39 is 0 Å². The molecule has 130 valence electrons. The Morgan fingerprint density at radius 2 is 2.08 bits per heavy atom. The van der Waals surface area contributed by atoms with Gasteiger partial charge < -0.3 is 19.7 Å². The number of nitrogens with one attached hydrogen (secondary N) is 1. The Labute approximate surface area is 151 Å². The van der Waals surface area contributed by atoms with Crippen molar-refractivity contribution in [1.82, 2.24) is 4.90 Å². The van der Waals surface area contributed by atoms with Crippen LogP contribution >= 0.6 is 11.8 Å². The number of urea groups is 1. The van der Waals surface area contributed by atoms with Gasteiger partial charge in [-0.05, 0) is 35.7 Å². The number of benzene rings is 2. The summed E-state index contributed by atoms with van der Waals surface area (Å²) in [5, 5.41) is 3.06. The molecule has 2 aliphatic rings. The second-order valence-electron chi connectivity index (χ2n) is 5.97. The van der Waals surface area contributed by atoms with Crippen LogP contribution in [-0.2, 0) is 6.42 Å². The number of para-hydroxylation sites is 1. The minimum atomic E-state index is -0.0615. The maximum Gasteiger partial charge on any atom is 0.323 e.